The predicted molar refractivity (Wildman–Crippen MR) is 46.5 cm³/mol. The molecule has 68 valence electrons. The molecular formula is C5H13BrO4Si. The summed E-state index contributed by atoms with van der Waals surface area (Å²) in [4.78, 5) is 0. The van der Waals surface area contributed by atoms with Crippen LogP contribution in [0.15, 0.2) is 0 Å². The van der Waals surface area contributed by atoms with E-state index in [0.29, 0.717) is 0 Å². The van der Waals surface area contributed by atoms with Gasteiger partial charge in [-0.3, -0.25) is 0 Å². The predicted octanol–water partition coefficient (Wildman–Crippen LogP) is 0.771. The highest BCUT2D eigenvalue weighted by Gasteiger charge is 2.46. The molecule has 0 fully saturated rings. The maximum Gasteiger partial charge on any atom is 0.542 e. The van der Waals surface area contributed by atoms with E-state index in [1.165, 1.54) is 21.3 Å². The first kappa shape index (κ1) is 11.5. The first-order chi connectivity index (χ1) is 5.16. The van der Waals surface area contributed by atoms with Crippen LogP contribution in [-0.4, -0.2) is 41.9 Å². The van der Waals surface area contributed by atoms with Crippen LogP contribution in [0.25, 0.3) is 0 Å². The van der Waals surface area contributed by atoms with Crippen molar-refractivity contribution in [1.29, 1.82) is 0 Å². The molecule has 0 bridgehead atoms. The third-order valence-electron chi connectivity index (χ3n) is 1.34. The van der Waals surface area contributed by atoms with Crippen molar-refractivity contribution in [3.8, 4) is 0 Å². The fraction of sp³-hybridized carbons (Fsp3) is 1.00. The van der Waals surface area contributed by atoms with Crippen molar-refractivity contribution in [3.63, 3.8) is 0 Å². The Morgan fingerprint density at radius 1 is 1.00 bits per heavy atom. The molecule has 1 unspecified atom stereocenters. The Morgan fingerprint density at radius 3 is 1.45 bits per heavy atom. The summed E-state index contributed by atoms with van der Waals surface area (Å²) in [6.07, 6.45) is 0. The Bertz CT molecular complexity index is 100. The largest absolute Gasteiger partial charge is 0.542 e. The van der Waals surface area contributed by atoms with Gasteiger partial charge in [-0.1, -0.05) is 15.9 Å². The fourth-order valence-corrected chi connectivity index (χ4v) is 3.70. The van der Waals surface area contributed by atoms with Crippen LogP contribution in [0.2, 0.25) is 0 Å². The second-order valence-corrected chi connectivity index (χ2v) is 6.40. The number of hydrogen-bond acceptors (Lipinski definition) is 4. The topological polar surface area (TPSA) is 36.9 Å². The molecule has 0 radical (unpaired) electrons. The lowest BCUT2D eigenvalue weighted by molar-refractivity contribution is 0.0713. The number of methoxy groups -OCH3 is 1. The zero-order valence-electron chi connectivity index (χ0n) is 7.09. The zero-order valence-corrected chi connectivity index (χ0v) is 9.67. The van der Waals surface area contributed by atoms with E-state index in [-0.39, 0.29) is 4.64 Å². The third kappa shape index (κ3) is 2.50. The van der Waals surface area contributed by atoms with Crippen molar-refractivity contribution in [3.05, 3.63) is 0 Å². The van der Waals surface area contributed by atoms with E-state index in [2.05, 4.69) is 15.9 Å². The average molecular weight is 245 g/mol. The van der Waals surface area contributed by atoms with Gasteiger partial charge in [-0.05, 0) is 0 Å². The van der Waals surface area contributed by atoms with E-state index >= 15 is 0 Å². The highest BCUT2D eigenvalue weighted by atomic mass is 79.9. The Balaban J connectivity index is 4.26. The molecule has 0 spiro atoms. The smallest absolute Gasteiger partial charge is 0.375 e. The minimum absolute atomic E-state index is 0.324. The van der Waals surface area contributed by atoms with Gasteiger partial charge in [-0.2, -0.15) is 0 Å². The number of ether oxygens (including phenoxy) is 1. The second kappa shape index (κ2) is 5.23. The average Bonchev–Trinajstić information content (AvgIpc) is 2.08. The van der Waals surface area contributed by atoms with Gasteiger partial charge in [-0.15, -0.1) is 0 Å². The highest BCUT2D eigenvalue weighted by molar-refractivity contribution is 9.10. The van der Waals surface area contributed by atoms with Gasteiger partial charge in [0.1, 0.15) is 0 Å². The molecule has 0 aromatic rings. The molecule has 0 aliphatic rings. The Kier molecular flexibility index (Phi) is 5.49. The SMILES string of the molecule is COC(Br)[Si](OC)(OC)OC. The van der Waals surface area contributed by atoms with E-state index in [1.54, 1.807) is 7.11 Å². The van der Waals surface area contributed by atoms with Crippen molar-refractivity contribution >= 4 is 24.7 Å². The Hall–Kier alpha value is 0.537. The number of halogens is 1. The lowest BCUT2D eigenvalue weighted by Gasteiger charge is -2.27. The molecule has 11 heavy (non-hydrogen) atoms. The first-order valence-electron chi connectivity index (χ1n) is 2.99. The van der Waals surface area contributed by atoms with Crippen LogP contribution in [0.3, 0.4) is 0 Å². The molecule has 0 N–H and O–H groups in total. The van der Waals surface area contributed by atoms with E-state index in [0.717, 1.165) is 0 Å². The van der Waals surface area contributed by atoms with Crippen LogP contribution in [-0.2, 0) is 18.0 Å². The summed E-state index contributed by atoms with van der Waals surface area (Å²) >= 11 is 3.25. The van der Waals surface area contributed by atoms with Gasteiger partial charge in [0.15, 0.2) is 4.64 Å². The van der Waals surface area contributed by atoms with Crippen molar-refractivity contribution in [1.82, 2.24) is 0 Å². The fourth-order valence-electron chi connectivity index (χ4n) is 0.672. The van der Waals surface area contributed by atoms with E-state index in [1.807, 2.05) is 0 Å². The molecule has 0 rings (SSSR count). The summed E-state index contributed by atoms with van der Waals surface area (Å²) in [5, 5.41) is 0. The first-order valence-corrected chi connectivity index (χ1v) is 5.71. The van der Waals surface area contributed by atoms with Crippen LogP contribution in [0.1, 0.15) is 0 Å². The van der Waals surface area contributed by atoms with Gasteiger partial charge < -0.3 is 18.0 Å². The molecule has 0 amide bonds. The molecule has 6 heteroatoms. The number of hydrogen-bond donors (Lipinski definition) is 0. The van der Waals surface area contributed by atoms with E-state index < -0.39 is 8.80 Å². The second-order valence-electron chi connectivity index (χ2n) is 1.77. The summed E-state index contributed by atoms with van der Waals surface area (Å²) in [7, 11) is 3.53. The van der Waals surface area contributed by atoms with Gasteiger partial charge in [0.05, 0.1) is 0 Å². The standard InChI is InChI=1S/C5H13BrO4Si/c1-7-5(6)11(8-2,9-3)10-4/h5H,1-4H3. The quantitative estimate of drug-likeness (QED) is 0.529. The molecule has 0 aliphatic carbocycles. The lowest BCUT2D eigenvalue weighted by atomic mass is 11.5. The summed E-state index contributed by atoms with van der Waals surface area (Å²) < 4.78 is 20.0. The van der Waals surface area contributed by atoms with Crippen molar-refractivity contribution in [2.45, 2.75) is 4.64 Å². The van der Waals surface area contributed by atoms with Crippen molar-refractivity contribution < 1.29 is 18.0 Å². The maximum absolute atomic E-state index is 5.11. The van der Waals surface area contributed by atoms with Crippen LogP contribution in [0.5, 0.6) is 0 Å². The van der Waals surface area contributed by atoms with Gasteiger partial charge >= 0.3 is 8.80 Å². The van der Waals surface area contributed by atoms with Crippen molar-refractivity contribution in [2.24, 2.45) is 0 Å². The van der Waals surface area contributed by atoms with E-state index in [4.69, 9.17) is 18.0 Å². The van der Waals surface area contributed by atoms with Crippen LogP contribution in [0, 0.1) is 0 Å². The summed E-state index contributed by atoms with van der Waals surface area (Å²) in [5.41, 5.74) is 0. The molecule has 0 heterocycles. The third-order valence-corrected chi connectivity index (χ3v) is 5.89. The number of alkyl halides is 1. The summed E-state index contributed by atoms with van der Waals surface area (Å²) in [6.45, 7) is 0. The molecular weight excluding hydrogens is 232 g/mol. The lowest BCUT2D eigenvalue weighted by Crippen LogP contribution is -2.52. The minimum atomic E-state index is -2.63. The van der Waals surface area contributed by atoms with Gasteiger partial charge in [0, 0.05) is 28.4 Å². The summed E-state index contributed by atoms with van der Waals surface area (Å²) in [5.74, 6) is 0. The molecule has 0 aromatic carbocycles. The molecule has 0 aromatic heterocycles. The van der Waals surface area contributed by atoms with Gasteiger partial charge in [0.25, 0.3) is 0 Å². The Morgan fingerprint density at radius 2 is 1.36 bits per heavy atom. The Labute approximate surface area is 76.3 Å². The molecule has 4 nitrogen and oxygen atoms in total. The normalized spacial score (nSPS) is 15.0. The summed E-state index contributed by atoms with van der Waals surface area (Å²) in [6, 6.07) is 0. The van der Waals surface area contributed by atoms with Crippen LogP contribution >= 0.6 is 15.9 Å². The van der Waals surface area contributed by atoms with E-state index in [9.17, 15) is 0 Å². The minimum Gasteiger partial charge on any atom is -0.375 e. The maximum atomic E-state index is 5.11. The molecule has 0 saturated carbocycles. The van der Waals surface area contributed by atoms with Gasteiger partial charge in [0.2, 0.25) is 0 Å². The monoisotopic (exact) mass is 244 g/mol. The highest BCUT2D eigenvalue weighted by Crippen LogP contribution is 2.18. The number of rotatable bonds is 5. The molecule has 0 aliphatic heterocycles. The van der Waals surface area contributed by atoms with Crippen LogP contribution in [0.4, 0.5) is 0 Å². The van der Waals surface area contributed by atoms with Crippen LogP contribution < -0.4 is 0 Å². The molecule has 1 atom stereocenters. The van der Waals surface area contributed by atoms with Crippen molar-refractivity contribution in [2.75, 3.05) is 28.4 Å². The zero-order chi connectivity index (χ0) is 8.91. The molecule has 0 saturated heterocycles. The van der Waals surface area contributed by atoms with Gasteiger partial charge in [-0.25, -0.2) is 0 Å².